The van der Waals surface area contributed by atoms with Crippen LogP contribution >= 0.6 is 15.9 Å². The van der Waals surface area contributed by atoms with Gasteiger partial charge in [-0.1, -0.05) is 34.1 Å². The number of hydrogen-bond donors (Lipinski definition) is 1. The normalized spacial score (nSPS) is 18.5. The van der Waals surface area contributed by atoms with Gasteiger partial charge in [0.25, 0.3) is 5.91 Å². The fourth-order valence-electron chi connectivity index (χ4n) is 3.40. The number of benzene rings is 2. The van der Waals surface area contributed by atoms with Crippen LogP contribution in [0, 0.1) is 6.92 Å². The SMILES string of the molecule is CC(=O)C[C@@]1(O)C(=O)N(CCCOc2ccccc2C)c2ccc(Br)cc21. The van der Waals surface area contributed by atoms with Crippen molar-refractivity contribution in [2.24, 2.45) is 0 Å². The smallest absolute Gasteiger partial charge is 0.264 e. The molecule has 6 heteroatoms. The first-order chi connectivity index (χ1) is 12.8. The molecule has 0 aromatic heterocycles. The average Bonchev–Trinajstić information content (AvgIpc) is 2.81. The zero-order chi connectivity index (χ0) is 19.6. The molecule has 1 atom stereocenters. The van der Waals surface area contributed by atoms with Gasteiger partial charge >= 0.3 is 0 Å². The van der Waals surface area contributed by atoms with Gasteiger partial charge < -0.3 is 14.7 Å². The van der Waals surface area contributed by atoms with Crippen molar-refractivity contribution in [2.45, 2.75) is 32.3 Å². The Morgan fingerprint density at radius 1 is 1.26 bits per heavy atom. The number of carbonyl (C=O) groups is 2. The molecule has 3 rings (SSSR count). The van der Waals surface area contributed by atoms with Crippen LogP contribution in [0.5, 0.6) is 5.75 Å². The number of amides is 1. The number of fused-ring (bicyclic) bond motifs is 1. The molecule has 1 aliphatic rings. The van der Waals surface area contributed by atoms with Crippen LogP contribution in [-0.2, 0) is 15.2 Å². The molecule has 2 aromatic carbocycles. The van der Waals surface area contributed by atoms with Gasteiger partial charge in [-0.3, -0.25) is 9.59 Å². The number of hydrogen-bond acceptors (Lipinski definition) is 4. The number of ether oxygens (including phenoxy) is 1. The number of rotatable bonds is 7. The monoisotopic (exact) mass is 431 g/mol. The molecule has 0 saturated heterocycles. The summed E-state index contributed by atoms with van der Waals surface area (Å²) in [5.41, 5.74) is 0.363. The Hall–Kier alpha value is -2.18. The van der Waals surface area contributed by atoms with Crippen LogP contribution in [0.3, 0.4) is 0 Å². The highest BCUT2D eigenvalue weighted by Crippen LogP contribution is 2.43. The number of carbonyl (C=O) groups excluding carboxylic acids is 2. The van der Waals surface area contributed by atoms with E-state index in [1.54, 1.807) is 17.0 Å². The largest absolute Gasteiger partial charge is 0.493 e. The van der Waals surface area contributed by atoms with Crippen molar-refractivity contribution in [2.75, 3.05) is 18.1 Å². The Morgan fingerprint density at radius 2 is 2.00 bits per heavy atom. The molecule has 0 fully saturated rings. The molecule has 0 unspecified atom stereocenters. The minimum Gasteiger partial charge on any atom is -0.493 e. The highest BCUT2D eigenvalue weighted by atomic mass is 79.9. The third kappa shape index (κ3) is 3.92. The minimum atomic E-state index is -1.80. The van der Waals surface area contributed by atoms with Crippen molar-refractivity contribution < 1.29 is 19.4 Å². The highest BCUT2D eigenvalue weighted by molar-refractivity contribution is 9.10. The van der Waals surface area contributed by atoms with E-state index in [2.05, 4.69) is 15.9 Å². The molecule has 1 aliphatic heterocycles. The second kappa shape index (κ2) is 7.82. The fourth-order valence-corrected chi connectivity index (χ4v) is 3.76. The summed E-state index contributed by atoms with van der Waals surface area (Å²) in [4.78, 5) is 26.1. The number of nitrogens with zero attached hydrogens (tertiary/aromatic N) is 1. The second-order valence-electron chi connectivity index (χ2n) is 6.82. The minimum absolute atomic E-state index is 0.231. The quantitative estimate of drug-likeness (QED) is 0.677. The molecule has 1 N–H and O–H groups in total. The second-order valence-corrected chi connectivity index (χ2v) is 7.74. The van der Waals surface area contributed by atoms with E-state index in [-0.39, 0.29) is 12.2 Å². The van der Waals surface area contributed by atoms with Gasteiger partial charge in [0.1, 0.15) is 11.5 Å². The maximum absolute atomic E-state index is 12.9. The third-order valence-corrected chi connectivity index (χ3v) is 5.17. The van der Waals surface area contributed by atoms with Crippen molar-refractivity contribution in [3.63, 3.8) is 0 Å². The van der Waals surface area contributed by atoms with E-state index in [0.717, 1.165) is 15.8 Å². The summed E-state index contributed by atoms with van der Waals surface area (Å²) in [6, 6.07) is 13.1. The number of anilines is 1. The molecule has 0 aliphatic carbocycles. The molecule has 27 heavy (non-hydrogen) atoms. The predicted molar refractivity (Wildman–Crippen MR) is 107 cm³/mol. The van der Waals surface area contributed by atoms with Gasteiger partial charge in [-0.05, 0) is 50.1 Å². The molecule has 2 aromatic rings. The lowest BCUT2D eigenvalue weighted by molar-refractivity contribution is -0.141. The van der Waals surface area contributed by atoms with Crippen LogP contribution < -0.4 is 9.64 Å². The third-order valence-electron chi connectivity index (χ3n) is 4.68. The van der Waals surface area contributed by atoms with Gasteiger partial charge in [-0.2, -0.15) is 0 Å². The Kier molecular flexibility index (Phi) is 5.67. The standard InChI is InChI=1S/C21H22BrNO4/c1-14-6-3-4-7-19(14)27-11-5-10-23-18-9-8-16(22)12-17(18)21(26,20(23)25)13-15(2)24/h3-4,6-9,12,26H,5,10-11,13H2,1-2H3/t21-/m0/s1. The van der Waals surface area contributed by atoms with E-state index in [1.165, 1.54) is 6.92 Å². The summed E-state index contributed by atoms with van der Waals surface area (Å²) in [7, 11) is 0. The number of halogens is 1. The van der Waals surface area contributed by atoms with Crippen LogP contribution in [0.25, 0.3) is 0 Å². The molecule has 0 radical (unpaired) electrons. The van der Waals surface area contributed by atoms with Gasteiger partial charge in [-0.15, -0.1) is 0 Å². The molecule has 0 bridgehead atoms. The van der Waals surface area contributed by atoms with E-state index >= 15 is 0 Å². The Morgan fingerprint density at radius 3 is 2.70 bits per heavy atom. The lowest BCUT2D eigenvalue weighted by atomic mass is 9.90. The van der Waals surface area contributed by atoms with Gasteiger partial charge in [0.15, 0.2) is 5.60 Å². The van der Waals surface area contributed by atoms with Crippen molar-refractivity contribution in [3.05, 3.63) is 58.1 Å². The lowest BCUT2D eigenvalue weighted by Gasteiger charge is -2.22. The van der Waals surface area contributed by atoms with Crippen molar-refractivity contribution in [1.82, 2.24) is 0 Å². The van der Waals surface area contributed by atoms with Crippen molar-refractivity contribution in [1.29, 1.82) is 0 Å². The van der Waals surface area contributed by atoms with Gasteiger partial charge in [-0.25, -0.2) is 0 Å². The summed E-state index contributed by atoms with van der Waals surface area (Å²) in [6.07, 6.45) is 0.372. The molecule has 0 spiro atoms. The number of Topliss-reactive ketones (excluding diaryl/α,β-unsaturated/α-hetero) is 1. The van der Waals surface area contributed by atoms with Crippen molar-refractivity contribution >= 4 is 33.3 Å². The number of ketones is 1. The summed E-state index contributed by atoms with van der Waals surface area (Å²) in [5, 5.41) is 11.0. The molecule has 142 valence electrons. The highest BCUT2D eigenvalue weighted by Gasteiger charge is 2.50. The number of aryl methyl sites for hydroxylation is 1. The van der Waals surface area contributed by atoms with E-state index in [4.69, 9.17) is 4.74 Å². The molecular weight excluding hydrogens is 410 g/mol. The average molecular weight is 432 g/mol. The maximum Gasteiger partial charge on any atom is 0.264 e. The van der Waals surface area contributed by atoms with Gasteiger partial charge in [0.05, 0.1) is 12.3 Å². The fraction of sp³-hybridized carbons (Fsp3) is 0.333. The van der Waals surface area contributed by atoms with Crippen LogP contribution in [0.4, 0.5) is 5.69 Å². The molecule has 1 amide bonds. The van der Waals surface area contributed by atoms with Gasteiger partial charge in [0.2, 0.25) is 0 Å². The van der Waals surface area contributed by atoms with Crippen molar-refractivity contribution in [3.8, 4) is 5.75 Å². The summed E-state index contributed by atoms with van der Waals surface area (Å²) in [6.45, 7) is 4.21. The first-order valence-corrected chi connectivity index (χ1v) is 9.64. The van der Waals surface area contributed by atoms with E-state index in [9.17, 15) is 14.7 Å². The molecule has 1 heterocycles. The van der Waals surface area contributed by atoms with Gasteiger partial charge in [0, 0.05) is 23.0 Å². The number of para-hydroxylation sites is 1. The molecule has 5 nitrogen and oxygen atoms in total. The lowest BCUT2D eigenvalue weighted by Crippen LogP contribution is -2.42. The Labute approximate surface area is 167 Å². The first-order valence-electron chi connectivity index (χ1n) is 8.85. The Balaban J connectivity index is 1.73. The van der Waals surface area contributed by atoms with Crippen LogP contribution in [0.1, 0.15) is 30.9 Å². The molecular formula is C21H22BrNO4. The van der Waals surface area contributed by atoms with Crippen LogP contribution in [0.15, 0.2) is 46.9 Å². The Bertz CT molecular complexity index is 882. The topological polar surface area (TPSA) is 66.8 Å². The predicted octanol–water partition coefficient (Wildman–Crippen LogP) is 3.74. The zero-order valence-electron chi connectivity index (χ0n) is 15.4. The van der Waals surface area contributed by atoms with E-state index < -0.39 is 11.5 Å². The number of aliphatic hydroxyl groups is 1. The maximum atomic E-state index is 12.9. The van der Waals surface area contributed by atoms with E-state index in [1.807, 2.05) is 37.3 Å². The molecule has 0 saturated carbocycles. The summed E-state index contributed by atoms with van der Waals surface area (Å²) < 4.78 is 6.54. The summed E-state index contributed by atoms with van der Waals surface area (Å²) in [5.74, 6) is 0.130. The van der Waals surface area contributed by atoms with E-state index in [0.29, 0.717) is 30.8 Å². The summed E-state index contributed by atoms with van der Waals surface area (Å²) >= 11 is 3.37. The van der Waals surface area contributed by atoms with Crippen LogP contribution in [0.2, 0.25) is 0 Å². The first kappa shape index (κ1) is 19.6. The zero-order valence-corrected chi connectivity index (χ0v) is 17.0. The van der Waals surface area contributed by atoms with Crippen LogP contribution in [-0.4, -0.2) is 29.9 Å².